The van der Waals surface area contributed by atoms with Gasteiger partial charge in [-0.2, -0.15) is 5.10 Å². The second-order valence-electron chi connectivity index (χ2n) is 5.20. The van der Waals surface area contributed by atoms with Gasteiger partial charge in [-0.05, 0) is 18.8 Å². The van der Waals surface area contributed by atoms with Crippen molar-refractivity contribution in [1.29, 1.82) is 0 Å². The predicted octanol–water partition coefficient (Wildman–Crippen LogP) is 0.408. The molecule has 1 saturated heterocycles. The normalized spacial score (nSPS) is 23.1. The Morgan fingerprint density at radius 1 is 1.58 bits per heavy atom. The Labute approximate surface area is 113 Å². The Morgan fingerprint density at radius 2 is 2.26 bits per heavy atom. The number of hydrogen-bond acceptors (Lipinski definition) is 4. The first-order valence-corrected chi connectivity index (χ1v) is 6.74. The van der Waals surface area contributed by atoms with E-state index < -0.39 is 0 Å². The summed E-state index contributed by atoms with van der Waals surface area (Å²) in [7, 11) is 1.73. The fourth-order valence-corrected chi connectivity index (χ4v) is 2.79. The van der Waals surface area contributed by atoms with Crippen LogP contribution in [0.25, 0.3) is 0 Å². The Kier molecular flexibility index (Phi) is 3.80. The second-order valence-corrected chi connectivity index (χ2v) is 5.20. The molecule has 19 heavy (non-hydrogen) atoms. The third-order valence-electron chi connectivity index (χ3n) is 4.03. The molecule has 6 nitrogen and oxygen atoms in total. The van der Waals surface area contributed by atoms with Crippen LogP contribution in [-0.4, -0.2) is 44.9 Å². The van der Waals surface area contributed by atoms with Crippen molar-refractivity contribution in [2.24, 2.45) is 13.0 Å². The molecule has 3 N–H and O–H groups in total. The molecule has 0 aromatic carbocycles. The van der Waals surface area contributed by atoms with Crippen LogP contribution in [0.5, 0.6) is 0 Å². The lowest BCUT2D eigenvalue weighted by molar-refractivity contribution is 0.0638. The van der Waals surface area contributed by atoms with Gasteiger partial charge in [0, 0.05) is 13.6 Å². The average molecular weight is 266 g/mol. The summed E-state index contributed by atoms with van der Waals surface area (Å²) in [5.74, 6) is 0.185. The highest BCUT2D eigenvalue weighted by atomic mass is 16.3. The SMILES string of the molecule is CCc1nn(C)c(C(=O)N2CCC(C)C2CO)c1N. The van der Waals surface area contributed by atoms with Crippen LogP contribution in [0, 0.1) is 5.92 Å². The number of aliphatic hydroxyl groups excluding tert-OH is 1. The maximum absolute atomic E-state index is 12.6. The van der Waals surface area contributed by atoms with Gasteiger partial charge in [-0.25, -0.2) is 0 Å². The van der Waals surface area contributed by atoms with Crippen molar-refractivity contribution in [3.63, 3.8) is 0 Å². The summed E-state index contributed by atoms with van der Waals surface area (Å²) in [5, 5.41) is 13.7. The van der Waals surface area contributed by atoms with E-state index >= 15 is 0 Å². The van der Waals surface area contributed by atoms with Crippen molar-refractivity contribution < 1.29 is 9.90 Å². The lowest BCUT2D eigenvalue weighted by Crippen LogP contribution is -2.40. The molecule has 2 atom stereocenters. The van der Waals surface area contributed by atoms with Crippen molar-refractivity contribution in [1.82, 2.24) is 14.7 Å². The number of amides is 1. The van der Waals surface area contributed by atoms with Crippen LogP contribution < -0.4 is 5.73 Å². The van der Waals surface area contributed by atoms with Crippen LogP contribution in [0.2, 0.25) is 0 Å². The van der Waals surface area contributed by atoms with Crippen LogP contribution in [0.15, 0.2) is 0 Å². The number of aliphatic hydroxyl groups is 1. The van der Waals surface area contributed by atoms with Gasteiger partial charge in [0.15, 0.2) is 0 Å². The molecule has 106 valence electrons. The lowest BCUT2D eigenvalue weighted by Gasteiger charge is -2.25. The summed E-state index contributed by atoms with van der Waals surface area (Å²) >= 11 is 0. The van der Waals surface area contributed by atoms with Gasteiger partial charge >= 0.3 is 0 Å². The van der Waals surface area contributed by atoms with Crippen molar-refractivity contribution in [3.05, 3.63) is 11.4 Å². The summed E-state index contributed by atoms with van der Waals surface area (Å²) in [6.07, 6.45) is 1.61. The highest BCUT2D eigenvalue weighted by Crippen LogP contribution is 2.27. The zero-order chi connectivity index (χ0) is 14.2. The fraction of sp³-hybridized carbons (Fsp3) is 0.692. The number of nitrogen functional groups attached to an aromatic ring is 1. The number of likely N-dealkylation sites (tertiary alicyclic amines) is 1. The number of nitrogens with zero attached hydrogens (tertiary/aromatic N) is 3. The molecule has 6 heteroatoms. The van der Waals surface area contributed by atoms with Crippen molar-refractivity contribution in [3.8, 4) is 0 Å². The van der Waals surface area contributed by atoms with Gasteiger partial charge in [-0.1, -0.05) is 13.8 Å². The van der Waals surface area contributed by atoms with E-state index in [0.717, 1.165) is 12.1 Å². The molecule has 1 fully saturated rings. The Hall–Kier alpha value is -1.56. The topological polar surface area (TPSA) is 84.4 Å². The first-order chi connectivity index (χ1) is 9.01. The Balaban J connectivity index is 2.32. The molecule has 2 heterocycles. The van der Waals surface area contributed by atoms with Crippen LogP contribution in [0.1, 0.15) is 36.5 Å². The third-order valence-corrected chi connectivity index (χ3v) is 4.03. The number of carbonyl (C=O) groups is 1. The second kappa shape index (κ2) is 5.21. The smallest absolute Gasteiger partial charge is 0.274 e. The quantitative estimate of drug-likeness (QED) is 0.829. The summed E-state index contributed by atoms with van der Waals surface area (Å²) in [6.45, 7) is 4.67. The maximum Gasteiger partial charge on any atom is 0.274 e. The van der Waals surface area contributed by atoms with Crippen LogP contribution >= 0.6 is 0 Å². The zero-order valence-corrected chi connectivity index (χ0v) is 11.8. The minimum absolute atomic E-state index is 0.00863. The lowest BCUT2D eigenvalue weighted by atomic mass is 10.0. The van der Waals surface area contributed by atoms with Gasteiger partial charge in [0.1, 0.15) is 5.69 Å². The number of hydrogen-bond donors (Lipinski definition) is 2. The molecule has 2 unspecified atom stereocenters. The van der Waals surface area contributed by atoms with Gasteiger partial charge in [0.25, 0.3) is 5.91 Å². The van der Waals surface area contributed by atoms with E-state index in [1.54, 1.807) is 16.6 Å². The van der Waals surface area contributed by atoms with Crippen molar-refractivity contribution >= 4 is 11.6 Å². The number of aromatic nitrogens is 2. The van der Waals surface area contributed by atoms with E-state index in [4.69, 9.17) is 5.73 Å². The molecule has 1 aliphatic rings. The van der Waals surface area contributed by atoms with Crippen LogP contribution in [-0.2, 0) is 13.5 Å². The molecule has 1 aromatic heterocycles. The molecular formula is C13H22N4O2. The van der Waals surface area contributed by atoms with E-state index in [2.05, 4.69) is 12.0 Å². The van der Waals surface area contributed by atoms with Gasteiger partial charge < -0.3 is 15.7 Å². The summed E-state index contributed by atoms with van der Waals surface area (Å²) in [6, 6.07) is -0.119. The van der Waals surface area contributed by atoms with Crippen LogP contribution in [0.4, 0.5) is 5.69 Å². The van der Waals surface area contributed by atoms with Crippen molar-refractivity contribution in [2.75, 3.05) is 18.9 Å². The molecule has 1 aromatic rings. The molecular weight excluding hydrogens is 244 g/mol. The largest absolute Gasteiger partial charge is 0.395 e. The van der Waals surface area contributed by atoms with Crippen LogP contribution in [0.3, 0.4) is 0 Å². The highest BCUT2D eigenvalue weighted by molar-refractivity contribution is 5.98. The Bertz CT molecular complexity index is 483. The molecule has 0 aliphatic carbocycles. The van der Waals surface area contributed by atoms with E-state index in [-0.39, 0.29) is 18.6 Å². The number of anilines is 1. The minimum Gasteiger partial charge on any atom is -0.395 e. The van der Waals surface area contributed by atoms with Gasteiger partial charge in [-0.15, -0.1) is 0 Å². The molecule has 0 saturated carbocycles. The average Bonchev–Trinajstić information content (AvgIpc) is 2.89. The van der Waals surface area contributed by atoms with Crippen molar-refractivity contribution in [2.45, 2.75) is 32.7 Å². The van der Waals surface area contributed by atoms with E-state index in [0.29, 0.717) is 30.3 Å². The number of aryl methyl sites for hydroxylation is 2. The summed E-state index contributed by atoms with van der Waals surface area (Å²) in [5.41, 5.74) is 7.66. The monoisotopic (exact) mass is 266 g/mol. The zero-order valence-electron chi connectivity index (χ0n) is 11.8. The van der Waals surface area contributed by atoms with Gasteiger partial charge in [-0.3, -0.25) is 9.48 Å². The summed E-state index contributed by atoms with van der Waals surface area (Å²) in [4.78, 5) is 14.3. The molecule has 0 bridgehead atoms. The number of rotatable bonds is 3. The van der Waals surface area contributed by atoms with E-state index in [1.807, 2.05) is 6.92 Å². The first-order valence-electron chi connectivity index (χ1n) is 6.74. The fourth-order valence-electron chi connectivity index (χ4n) is 2.79. The Morgan fingerprint density at radius 3 is 2.79 bits per heavy atom. The number of carbonyl (C=O) groups excluding carboxylic acids is 1. The third kappa shape index (κ3) is 2.20. The first kappa shape index (κ1) is 13.9. The predicted molar refractivity (Wildman–Crippen MR) is 72.7 cm³/mol. The summed E-state index contributed by atoms with van der Waals surface area (Å²) < 4.78 is 1.55. The molecule has 2 rings (SSSR count). The molecule has 0 spiro atoms. The standard InChI is InChI=1S/C13H22N4O2/c1-4-9-11(14)12(16(3)15-9)13(19)17-6-5-8(2)10(17)7-18/h8,10,18H,4-7,14H2,1-3H3. The van der Waals surface area contributed by atoms with Gasteiger partial charge in [0.05, 0.1) is 24.0 Å². The maximum atomic E-state index is 12.6. The number of nitrogens with two attached hydrogens (primary N) is 1. The molecule has 1 amide bonds. The highest BCUT2D eigenvalue weighted by Gasteiger charge is 2.36. The van der Waals surface area contributed by atoms with E-state index in [1.165, 1.54) is 0 Å². The van der Waals surface area contributed by atoms with E-state index in [9.17, 15) is 9.90 Å². The minimum atomic E-state index is -0.129. The molecule has 0 radical (unpaired) electrons. The molecule has 1 aliphatic heterocycles. The van der Waals surface area contributed by atoms with Gasteiger partial charge in [0.2, 0.25) is 0 Å².